The number of ketones is 1. The van der Waals surface area contributed by atoms with E-state index in [0.29, 0.717) is 13.1 Å². The molecule has 0 radical (unpaired) electrons. The summed E-state index contributed by atoms with van der Waals surface area (Å²) >= 11 is 0. The van der Waals surface area contributed by atoms with E-state index in [1.807, 2.05) is 5.32 Å². The number of amides is 2. The van der Waals surface area contributed by atoms with E-state index in [4.69, 9.17) is 5.11 Å². The van der Waals surface area contributed by atoms with Crippen LogP contribution in [-0.4, -0.2) is 51.9 Å². The van der Waals surface area contributed by atoms with Crippen molar-refractivity contribution >= 4 is 17.8 Å². The fraction of sp³-hybridized carbons (Fsp3) is 0.385. The van der Waals surface area contributed by atoms with Gasteiger partial charge in [-0.1, -0.05) is 0 Å². The highest BCUT2D eigenvalue weighted by molar-refractivity contribution is 6.14. The number of carbonyl (C=O) groups is 3. The van der Waals surface area contributed by atoms with Crippen molar-refractivity contribution < 1.29 is 19.5 Å². The van der Waals surface area contributed by atoms with Gasteiger partial charge in [-0.2, -0.15) is 0 Å². The number of carbonyl (C=O) groups excluding carboxylic acids is 2. The number of nitrogens with one attached hydrogen (secondary N) is 1. The third kappa shape index (κ3) is 3.11. The van der Waals surface area contributed by atoms with Gasteiger partial charge in [0.25, 0.3) is 5.91 Å². The van der Waals surface area contributed by atoms with Gasteiger partial charge in [-0.25, -0.2) is 4.79 Å². The van der Waals surface area contributed by atoms with Crippen molar-refractivity contribution in [1.82, 2.24) is 15.2 Å². The van der Waals surface area contributed by atoms with Gasteiger partial charge in [0.05, 0.1) is 0 Å². The fourth-order valence-electron chi connectivity index (χ4n) is 2.17. The molecular weight excluding hydrogens is 262 g/mol. The van der Waals surface area contributed by atoms with Crippen LogP contribution >= 0.6 is 0 Å². The number of likely N-dealkylation sites (tertiary alicyclic amines) is 1. The van der Waals surface area contributed by atoms with Gasteiger partial charge in [0.15, 0.2) is 11.8 Å². The lowest BCUT2D eigenvalue weighted by atomic mass is 10.0. The van der Waals surface area contributed by atoms with Gasteiger partial charge >= 0.3 is 6.09 Å². The Kier molecular flexibility index (Phi) is 4.29. The molecule has 20 heavy (non-hydrogen) atoms. The lowest BCUT2D eigenvalue weighted by Gasteiger charge is -2.22. The molecule has 106 valence electrons. The van der Waals surface area contributed by atoms with Gasteiger partial charge in [0.1, 0.15) is 0 Å². The van der Waals surface area contributed by atoms with Crippen LogP contribution in [0.1, 0.15) is 23.2 Å². The minimum Gasteiger partial charge on any atom is -0.465 e. The predicted octanol–water partition coefficient (Wildman–Crippen LogP) is 0.523. The SMILES string of the molecule is O=C(O)NC(C(=O)c1ccncc1)C(=O)N1CCCC1. The number of hydrogen-bond donors (Lipinski definition) is 2. The van der Waals surface area contributed by atoms with Crippen LogP contribution in [0.5, 0.6) is 0 Å². The second-order valence-corrected chi connectivity index (χ2v) is 4.52. The van der Waals surface area contributed by atoms with Gasteiger partial charge < -0.3 is 15.3 Å². The first-order valence-electron chi connectivity index (χ1n) is 6.32. The minimum absolute atomic E-state index is 0.256. The highest BCUT2D eigenvalue weighted by Gasteiger charge is 2.33. The maximum absolute atomic E-state index is 12.3. The van der Waals surface area contributed by atoms with Crippen molar-refractivity contribution in [2.24, 2.45) is 0 Å². The summed E-state index contributed by atoms with van der Waals surface area (Å²) in [7, 11) is 0. The molecule has 0 spiro atoms. The zero-order valence-corrected chi connectivity index (χ0v) is 10.8. The molecule has 1 aromatic heterocycles. The van der Waals surface area contributed by atoms with E-state index in [9.17, 15) is 14.4 Å². The molecule has 1 aliphatic rings. The van der Waals surface area contributed by atoms with Gasteiger partial charge in [0.2, 0.25) is 0 Å². The Bertz CT molecular complexity index is 512. The Morgan fingerprint density at radius 1 is 1.20 bits per heavy atom. The van der Waals surface area contributed by atoms with Crippen molar-refractivity contribution in [2.45, 2.75) is 18.9 Å². The van der Waals surface area contributed by atoms with Crippen LogP contribution < -0.4 is 5.32 Å². The number of hydrogen-bond acceptors (Lipinski definition) is 4. The summed E-state index contributed by atoms with van der Waals surface area (Å²) in [6.45, 7) is 1.11. The first kappa shape index (κ1) is 14.0. The second kappa shape index (κ2) is 6.14. The summed E-state index contributed by atoms with van der Waals surface area (Å²) in [5.74, 6) is -1.06. The Hall–Kier alpha value is -2.44. The van der Waals surface area contributed by atoms with Crippen molar-refractivity contribution in [2.75, 3.05) is 13.1 Å². The lowest BCUT2D eigenvalue weighted by molar-refractivity contribution is -0.131. The first-order valence-corrected chi connectivity index (χ1v) is 6.32. The van der Waals surface area contributed by atoms with Crippen molar-refractivity contribution in [3.05, 3.63) is 30.1 Å². The molecule has 1 unspecified atom stereocenters. The van der Waals surface area contributed by atoms with Crippen LogP contribution in [0.4, 0.5) is 4.79 Å². The molecule has 0 bridgehead atoms. The molecule has 1 saturated heterocycles. The Morgan fingerprint density at radius 2 is 1.80 bits per heavy atom. The second-order valence-electron chi connectivity index (χ2n) is 4.52. The van der Waals surface area contributed by atoms with Crippen LogP contribution in [0, 0.1) is 0 Å². The Morgan fingerprint density at radius 3 is 2.35 bits per heavy atom. The number of carboxylic acid groups (broad SMARTS) is 1. The molecule has 1 aliphatic heterocycles. The third-order valence-corrected chi connectivity index (χ3v) is 3.16. The molecule has 7 nitrogen and oxygen atoms in total. The number of Topliss-reactive ketones (excluding diaryl/α,β-unsaturated/α-hetero) is 1. The maximum Gasteiger partial charge on any atom is 0.405 e. The van der Waals surface area contributed by atoms with Crippen LogP contribution in [0.15, 0.2) is 24.5 Å². The molecule has 0 saturated carbocycles. The van der Waals surface area contributed by atoms with E-state index in [-0.39, 0.29) is 5.56 Å². The zero-order chi connectivity index (χ0) is 14.5. The molecule has 0 aliphatic carbocycles. The summed E-state index contributed by atoms with van der Waals surface area (Å²) in [5, 5.41) is 10.8. The van der Waals surface area contributed by atoms with E-state index in [2.05, 4.69) is 4.98 Å². The molecular formula is C13H15N3O4. The maximum atomic E-state index is 12.3. The molecule has 1 fully saturated rings. The van der Waals surface area contributed by atoms with E-state index in [1.54, 1.807) is 0 Å². The van der Waals surface area contributed by atoms with Crippen molar-refractivity contribution in [3.63, 3.8) is 0 Å². The Balaban J connectivity index is 2.20. The molecule has 2 amide bonds. The quantitative estimate of drug-likeness (QED) is 0.617. The number of aromatic nitrogens is 1. The normalized spacial score (nSPS) is 15.7. The summed E-state index contributed by atoms with van der Waals surface area (Å²) < 4.78 is 0. The van der Waals surface area contributed by atoms with Crippen molar-refractivity contribution in [3.8, 4) is 0 Å². The number of nitrogens with zero attached hydrogens (tertiary/aromatic N) is 2. The largest absolute Gasteiger partial charge is 0.465 e. The van der Waals surface area contributed by atoms with E-state index in [0.717, 1.165) is 12.8 Å². The van der Waals surface area contributed by atoms with Gasteiger partial charge in [-0.3, -0.25) is 14.6 Å². The van der Waals surface area contributed by atoms with Crippen LogP contribution in [-0.2, 0) is 4.79 Å². The van der Waals surface area contributed by atoms with Gasteiger partial charge in [-0.15, -0.1) is 0 Å². The molecule has 2 heterocycles. The minimum atomic E-state index is -1.40. The number of rotatable bonds is 4. The van der Waals surface area contributed by atoms with Gasteiger partial charge in [0, 0.05) is 31.0 Å². The van der Waals surface area contributed by atoms with Crippen LogP contribution in [0.3, 0.4) is 0 Å². The smallest absolute Gasteiger partial charge is 0.405 e. The highest BCUT2D eigenvalue weighted by atomic mass is 16.4. The topological polar surface area (TPSA) is 99.6 Å². The predicted molar refractivity (Wildman–Crippen MR) is 69.3 cm³/mol. The molecule has 1 aromatic rings. The fourth-order valence-corrected chi connectivity index (χ4v) is 2.17. The Labute approximate surface area is 115 Å². The van der Waals surface area contributed by atoms with E-state index >= 15 is 0 Å². The van der Waals surface area contributed by atoms with E-state index < -0.39 is 23.8 Å². The summed E-state index contributed by atoms with van der Waals surface area (Å²) in [5.41, 5.74) is 0.256. The van der Waals surface area contributed by atoms with E-state index in [1.165, 1.54) is 29.4 Å². The zero-order valence-electron chi connectivity index (χ0n) is 10.8. The molecule has 0 aromatic carbocycles. The average Bonchev–Trinajstić information content (AvgIpc) is 2.98. The van der Waals surface area contributed by atoms with Crippen LogP contribution in [0.2, 0.25) is 0 Å². The van der Waals surface area contributed by atoms with Gasteiger partial charge in [-0.05, 0) is 25.0 Å². The third-order valence-electron chi connectivity index (χ3n) is 3.16. The average molecular weight is 277 g/mol. The van der Waals surface area contributed by atoms with Crippen LogP contribution in [0.25, 0.3) is 0 Å². The molecule has 2 rings (SSSR count). The summed E-state index contributed by atoms with van der Waals surface area (Å²) in [6.07, 6.45) is 3.19. The van der Waals surface area contributed by atoms with Crippen molar-refractivity contribution in [1.29, 1.82) is 0 Å². The lowest BCUT2D eigenvalue weighted by Crippen LogP contribution is -2.51. The molecule has 7 heteroatoms. The number of pyridine rings is 1. The molecule has 2 N–H and O–H groups in total. The monoisotopic (exact) mass is 277 g/mol. The summed E-state index contributed by atoms with van der Waals surface area (Å²) in [6, 6.07) is 1.51. The molecule has 1 atom stereocenters. The highest BCUT2D eigenvalue weighted by Crippen LogP contribution is 2.12. The first-order chi connectivity index (χ1) is 9.59. The summed E-state index contributed by atoms with van der Waals surface area (Å²) in [4.78, 5) is 40.7. The standard InChI is InChI=1S/C13H15N3O4/c17-11(9-3-5-14-6-4-9)10(15-13(19)20)12(18)16-7-1-2-8-16/h3-6,10,15H,1-2,7-8H2,(H,19,20).